The van der Waals surface area contributed by atoms with E-state index in [9.17, 15) is 13.6 Å². The molecule has 0 atom stereocenters. The minimum absolute atomic E-state index is 0.0106. The maximum atomic E-state index is 13.8. The predicted molar refractivity (Wildman–Crippen MR) is 74.3 cm³/mol. The topological polar surface area (TPSA) is 46.5 Å². The number of carboxylic acids is 1. The van der Waals surface area contributed by atoms with Gasteiger partial charge in [-0.15, -0.1) is 0 Å². The Bertz CT molecular complexity index is 709. The third kappa shape index (κ3) is 3.66. The number of aryl methyl sites for hydroxylation is 1. The first-order valence-electron chi connectivity index (χ1n) is 6.11. The number of hydrogen-bond donors (Lipinski definition) is 1. The highest BCUT2D eigenvalue weighted by Crippen LogP contribution is 2.30. The van der Waals surface area contributed by atoms with Gasteiger partial charge in [0.05, 0.1) is 5.56 Å². The van der Waals surface area contributed by atoms with Crippen LogP contribution in [-0.2, 0) is 4.79 Å². The molecule has 0 unspecified atom stereocenters. The van der Waals surface area contributed by atoms with Gasteiger partial charge < -0.3 is 9.84 Å². The number of carbonyl (C=O) groups is 1. The van der Waals surface area contributed by atoms with Gasteiger partial charge in [0.15, 0.2) is 0 Å². The zero-order valence-electron chi connectivity index (χ0n) is 11.1. The zero-order chi connectivity index (χ0) is 15.4. The van der Waals surface area contributed by atoms with Gasteiger partial charge in [-0.05, 0) is 36.8 Å². The number of benzene rings is 2. The van der Waals surface area contributed by atoms with Gasteiger partial charge in [-0.25, -0.2) is 13.6 Å². The number of rotatable bonds is 4. The van der Waals surface area contributed by atoms with E-state index >= 15 is 0 Å². The lowest BCUT2D eigenvalue weighted by Crippen LogP contribution is -1.94. The minimum atomic E-state index is -1.20. The van der Waals surface area contributed by atoms with E-state index in [1.165, 1.54) is 36.4 Å². The van der Waals surface area contributed by atoms with Crippen molar-refractivity contribution in [2.24, 2.45) is 0 Å². The Morgan fingerprint density at radius 1 is 1.19 bits per heavy atom. The van der Waals surface area contributed by atoms with Gasteiger partial charge in [0, 0.05) is 12.1 Å². The molecule has 3 nitrogen and oxygen atoms in total. The molecule has 0 saturated heterocycles. The average Bonchev–Trinajstić information content (AvgIpc) is 2.42. The number of ether oxygens (including phenoxy) is 1. The van der Waals surface area contributed by atoms with Crippen LogP contribution in [0, 0.1) is 18.6 Å². The lowest BCUT2D eigenvalue weighted by molar-refractivity contribution is -0.131. The number of carboxylic acid groups (broad SMARTS) is 1. The summed E-state index contributed by atoms with van der Waals surface area (Å²) in [5.74, 6) is -1.95. The Kier molecular flexibility index (Phi) is 4.33. The van der Waals surface area contributed by atoms with Crippen molar-refractivity contribution in [3.63, 3.8) is 0 Å². The third-order valence-corrected chi connectivity index (χ3v) is 2.78. The van der Waals surface area contributed by atoms with Crippen molar-refractivity contribution < 1.29 is 23.4 Å². The van der Waals surface area contributed by atoms with Crippen molar-refractivity contribution in [2.75, 3.05) is 0 Å². The third-order valence-electron chi connectivity index (χ3n) is 2.78. The molecule has 0 aliphatic heterocycles. The summed E-state index contributed by atoms with van der Waals surface area (Å²) in [4.78, 5) is 10.6. The first-order valence-corrected chi connectivity index (χ1v) is 6.11. The van der Waals surface area contributed by atoms with E-state index in [1.54, 1.807) is 6.92 Å². The average molecular weight is 290 g/mol. The van der Waals surface area contributed by atoms with Crippen LogP contribution < -0.4 is 4.74 Å². The molecule has 0 aliphatic rings. The van der Waals surface area contributed by atoms with Crippen LogP contribution in [0.1, 0.15) is 11.1 Å². The quantitative estimate of drug-likeness (QED) is 0.860. The summed E-state index contributed by atoms with van der Waals surface area (Å²) in [6.07, 6.45) is 1.91. The van der Waals surface area contributed by atoms with Crippen molar-refractivity contribution in [1.29, 1.82) is 0 Å². The predicted octanol–water partition coefficient (Wildman–Crippen LogP) is 4.16. The molecule has 2 aromatic rings. The first kappa shape index (κ1) is 14.7. The summed E-state index contributed by atoms with van der Waals surface area (Å²) in [7, 11) is 0. The van der Waals surface area contributed by atoms with Gasteiger partial charge in [-0.1, -0.05) is 12.1 Å². The fourth-order valence-electron chi connectivity index (χ4n) is 1.72. The highest BCUT2D eigenvalue weighted by molar-refractivity contribution is 5.86. The summed E-state index contributed by atoms with van der Waals surface area (Å²) < 4.78 is 32.5. The molecule has 1 N–H and O–H groups in total. The van der Waals surface area contributed by atoms with E-state index in [4.69, 9.17) is 9.84 Å². The van der Waals surface area contributed by atoms with E-state index in [2.05, 4.69) is 0 Å². The lowest BCUT2D eigenvalue weighted by atomic mass is 10.1. The summed E-state index contributed by atoms with van der Waals surface area (Å²) in [6.45, 7) is 1.72. The highest BCUT2D eigenvalue weighted by Gasteiger charge is 2.10. The molecule has 0 amide bonds. The fraction of sp³-hybridized carbons (Fsp3) is 0.0625. The van der Waals surface area contributed by atoms with Crippen molar-refractivity contribution in [3.8, 4) is 11.5 Å². The Morgan fingerprint density at radius 2 is 1.95 bits per heavy atom. The van der Waals surface area contributed by atoms with Crippen molar-refractivity contribution >= 4 is 12.0 Å². The Labute approximate surface area is 120 Å². The smallest absolute Gasteiger partial charge is 0.328 e. The van der Waals surface area contributed by atoms with Crippen LogP contribution >= 0.6 is 0 Å². The summed E-state index contributed by atoms with van der Waals surface area (Å²) in [5.41, 5.74) is 0.664. The largest absolute Gasteiger partial charge is 0.478 e. The molecular weight excluding hydrogens is 278 g/mol. The molecule has 108 valence electrons. The first-order chi connectivity index (χ1) is 9.97. The van der Waals surface area contributed by atoms with Gasteiger partial charge in [-0.3, -0.25) is 0 Å². The van der Waals surface area contributed by atoms with Crippen LogP contribution in [0.5, 0.6) is 11.5 Å². The molecule has 0 fully saturated rings. The number of halogens is 2. The molecule has 2 aromatic carbocycles. The number of aliphatic carboxylic acids is 1. The van der Waals surface area contributed by atoms with E-state index in [-0.39, 0.29) is 17.1 Å². The van der Waals surface area contributed by atoms with E-state index < -0.39 is 17.6 Å². The second-order valence-electron chi connectivity index (χ2n) is 4.34. The summed E-state index contributed by atoms with van der Waals surface area (Å²) >= 11 is 0. The maximum absolute atomic E-state index is 13.8. The second-order valence-corrected chi connectivity index (χ2v) is 4.34. The zero-order valence-corrected chi connectivity index (χ0v) is 11.1. The van der Waals surface area contributed by atoms with E-state index in [0.29, 0.717) is 5.56 Å². The van der Waals surface area contributed by atoms with Gasteiger partial charge in [-0.2, -0.15) is 0 Å². The van der Waals surface area contributed by atoms with E-state index in [0.717, 1.165) is 12.2 Å². The van der Waals surface area contributed by atoms with Crippen LogP contribution in [-0.4, -0.2) is 11.1 Å². The molecule has 0 heterocycles. The molecule has 21 heavy (non-hydrogen) atoms. The Morgan fingerprint density at radius 3 is 2.67 bits per heavy atom. The summed E-state index contributed by atoms with van der Waals surface area (Å²) in [6, 6.07) is 8.11. The molecule has 0 bridgehead atoms. The molecule has 0 saturated carbocycles. The number of hydrogen-bond acceptors (Lipinski definition) is 2. The van der Waals surface area contributed by atoms with Crippen LogP contribution in [0.15, 0.2) is 42.5 Å². The molecule has 2 rings (SSSR count). The van der Waals surface area contributed by atoms with Crippen LogP contribution in [0.3, 0.4) is 0 Å². The molecule has 0 spiro atoms. The van der Waals surface area contributed by atoms with Crippen LogP contribution in [0.25, 0.3) is 6.08 Å². The molecule has 5 heteroatoms. The Balaban J connectivity index is 2.42. The fourth-order valence-corrected chi connectivity index (χ4v) is 1.72. The molecule has 0 aromatic heterocycles. The maximum Gasteiger partial charge on any atom is 0.328 e. The van der Waals surface area contributed by atoms with Crippen LogP contribution in [0.2, 0.25) is 0 Å². The summed E-state index contributed by atoms with van der Waals surface area (Å²) in [5, 5.41) is 8.63. The van der Waals surface area contributed by atoms with Gasteiger partial charge in [0.2, 0.25) is 0 Å². The normalized spacial score (nSPS) is 10.8. The molecule has 0 aliphatic carbocycles. The minimum Gasteiger partial charge on any atom is -0.478 e. The standard InChI is InChI=1S/C16H12F2O3/c1-10-5-6-11(17)9-15(10)21-14-4-2-3-13(18)12(14)7-8-16(19)20/h2-9H,1H3,(H,19,20)/b8-7+. The SMILES string of the molecule is Cc1ccc(F)cc1Oc1cccc(F)c1/C=C/C(=O)O. The Hall–Kier alpha value is -2.69. The van der Waals surface area contributed by atoms with Gasteiger partial charge in [0.25, 0.3) is 0 Å². The molecule has 0 radical (unpaired) electrons. The molecular formula is C16H12F2O3. The monoisotopic (exact) mass is 290 g/mol. The highest BCUT2D eigenvalue weighted by atomic mass is 19.1. The van der Waals surface area contributed by atoms with Crippen molar-refractivity contribution in [2.45, 2.75) is 6.92 Å². The van der Waals surface area contributed by atoms with Crippen LogP contribution in [0.4, 0.5) is 8.78 Å². The van der Waals surface area contributed by atoms with E-state index in [1.807, 2.05) is 0 Å². The van der Waals surface area contributed by atoms with Gasteiger partial charge in [0.1, 0.15) is 23.1 Å². The van der Waals surface area contributed by atoms with Crippen molar-refractivity contribution in [3.05, 3.63) is 65.2 Å². The van der Waals surface area contributed by atoms with Gasteiger partial charge >= 0.3 is 5.97 Å². The van der Waals surface area contributed by atoms with Crippen molar-refractivity contribution in [1.82, 2.24) is 0 Å². The lowest BCUT2D eigenvalue weighted by Gasteiger charge is -2.11. The second kappa shape index (κ2) is 6.17.